The normalized spacial score (nSPS) is 10.6. The number of hydrogen-bond donors (Lipinski definition) is 0. The molecule has 0 N–H and O–H groups in total. The summed E-state index contributed by atoms with van der Waals surface area (Å²) in [6.45, 7) is 6.49. The van der Waals surface area contributed by atoms with Crippen LogP contribution in [0.15, 0.2) is 22.7 Å². The molecule has 0 fully saturated rings. The average Bonchev–Trinajstić information content (AvgIpc) is 2.22. The fourth-order valence-electron chi connectivity index (χ4n) is 1.54. The molecule has 4 heteroatoms. The Morgan fingerprint density at radius 3 is 2.56 bits per heavy atom. The molecular weight excluding hydrogens is 273 g/mol. The van der Waals surface area contributed by atoms with E-state index in [1.54, 1.807) is 4.90 Å². The van der Waals surface area contributed by atoms with E-state index in [-0.39, 0.29) is 17.8 Å². The number of amides is 1. The van der Waals surface area contributed by atoms with E-state index in [9.17, 15) is 9.18 Å². The molecule has 0 radical (unpaired) electrons. The van der Waals surface area contributed by atoms with Gasteiger partial charge in [0.15, 0.2) is 0 Å². The van der Waals surface area contributed by atoms with Crippen LogP contribution < -0.4 is 0 Å². The zero-order valence-electron chi connectivity index (χ0n) is 9.63. The van der Waals surface area contributed by atoms with Crippen molar-refractivity contribution in [3.8, 4) is 0 Å². The van der Waals surface area contributed by atoms with E-state index in [0.717, 1.165) is 0 Å². The zero-order valence-corrected chi connectivity index (χ0v) is 11.2. The number of carbonyl (C=O) groups is 1. The molecule has 0 atom stereocenters. The van der Waals surface area contributed by atoms with Crippen LogP contribution in [-0.2, 0) is 0 Å². The molecule has 1 amide bonds. The molecule has 2 nitrogen and oxygen atoms in total. The van der Waals surface area contributed by atoms with Gasteiger partial charge in [-0.15, -0.1) is 0 Å². The molecular formula is C12H15BrFNO. The van der Waals surface area contributed by atoms with E-state index in [1.165, 1.54) is 18.2 Å². The smallest absolute Gasteiger partial charge is 0.254 e. The summed E-state index contributed by atoms with van der Waals surface area (Å²) >= 11 is 3.08. The summed E-state index contributed by atoms with van der Waals surface area (Å²) in [5, 5.41) is 0. The SMILES string of the molecule is CCN(C(=O)c1ccc(F)c(Br)c1)C(C)C. The number of rotatable bonds is 3. The van der Waals surface area contributed by atoms with Crippen molar-refractivity contribution >= 4 is 21.8 Å². The molecule has 0 aliphatic carbocycles. The average molecular weight is 288 g/mol. The maximum absolute atomic E-state index is 13.0. The second-order valence-corrected chi connectivity index (χ2v) is 4.67. The number of carbonyl (C=O) groups excluding carboxylic acids is 1. The number of nitrogens with zero attached hydrogens (tertiary/aromatic N) is 1. The van der Waals surface area contributed by atoms with Gasteiger partial charge in [0.2, 0.25) is 0 Å². The summed E-state index contributed by atoms with van der Waals surface area (Å²) in [5.41, 5.74) is 0.504. The molecule has 0 saturated carbocycles. The van der Waals surface area contributed by atoms with Crippen molar-refractivity contribution in [2.45, 2.75) is 26.8 Å². The van der Waals surface area contributed by atoms with Crippen LogP contribution >= 0.6 is 15.9 Å². The van der Waals surface area contributed by atoms with Crippen LogP contribution in [0.5, 0.6) is 0 Å². The largest absolute Gasteiger partial charge is 0.337 e. The Kier molecular flexibility index (Phi) is 4.47. The number of halogens is 2. The first-order valence-corrected chi connectivity index (χ1v) is 6.02. The van der Waals surface area contributed by atoms with Crippen LogP contribution in [0.1, 0.15) is 31.1 Å². The van der Waals surface area contributed by atoms with Crippen LogP contribution in [0, 0.1) is 5.82 Å². The third-order valence-electron chi connectivity index (χ3n) is 2.39. The Balaban J connectivity index is 2.99. The maximum Gasteiger partial charge on any atom is 0.254 e. The summed E-state index contributed by atoms with van der Waals surface area (Å²) in [7, 11) is 0. The van der Waals surface area contributed by atoms with Gasteiger partial charge in [-0.2, -0.15) is 0 Å². The monoisotopic (exact) mass is 287 g/mol. The van der Waals surface area contributed by atoms with E-state index in [2.05, 4.69) is 15.9 Å². The Bertz CT molecular complexity index is 393. The van der Waals surface area contributed by atoms with Gasteiger partial charge in [0, 0.05) is 18.2 Å². The molecule has 1 rings (SSSR count). The molecule has 0 aromatic heterocycles. The molecule has 0 bridgehead atoms. The van der Waals surface area contributed by atoms with Gasteiger partial charge in [-0.25, -0.2) is 4.39 Å². The van der Waals surface area contributed by atoms with E-state index in [4.69, 9.17) is 0 Å². The Morgan fingerprint density at radius 1 is 1.50 bits per heavy atom. The molecule has 1 aromatic rings. The van der Waals surface area contributed by atoms with Gasteiger partial charge in [-0.1, -0.05) is 0 Å². The lowest BCUT2D eigenvalue weighted by Gasteiger charge is -2.25. The van der Waals surface area contributed by atoms with Gasteiger partial charge in [0.1, 0.15) is 5.82 Å². The van der Waals surface area contributed by atoms with Gasteiger partial charge in [0.25, 0.3) is 5.91 Å². The maximum atomic E-state index is 13.0. The van der Waals surface area contributed by atoms with Crippen molar-refractivity contribution in [3.63, 3.8) is 0 Å². The highest BCUT2D eigenvalue weighted by molar-refractivity contribution is 9.10. The number of hydrogen-bond acceptors (Lipinski definition) is 1. The van der Waals surface area contributed by atoms with E-state index in [1.807, 2.05) is 20.8 Å². The van der Waals surface area contributed by atoms with Gasteiger partial charge in [-0.3, -0.25) is 4.79 Å². The zero-order chi connectivity index (χ0) is 12.3. The topological polar surface area (TPSA) is 20.3 Å². The summed E-state index contributed by atoms with van der Waals surface area (Å²) in [4.78, 5) is 13.8. The quantitative estimate of drug-likeness (QED) is 0.834. The van der Waals surface area contributed by atoms with E-state index in [0.29, 0.717) is 16.6 Å². The first-order chi connectivity index (χ1) is 7.47. The summed E-state index contributed by atoms with van der Waals surface area (Å²) in [6, 6.07) is 4.46. The predicted octanol–water partition coefficient (Wildman–Crippen LogP) is 3.46. The fourth-order valence-corrected chi connectivity index (χ4v) is 1.92. The van der Waals surface area contributed by atoms with Gasteiger partial charge in [-0.05, 0) is 54.9 Å². The van der Waals surface area contributed by atoms with Crippen LogP contribution in [-0.4, -0.2) is 23.4 Å². The molecule has 0 aliphatic rings. The third kappa shape index (κ3) is 2.82. The Morgan fingerprint density at radius 2 is 2.12 bits per heavy atom. The molecule has 0 spiro atoms. The molecule has 16 heavy (non-hydrogen) atoms. The van der Waals surface area contributed by atoms with Crippen molar-refractivity contribution in [1.82, 2.24) is 4.90 Å². The van der Waals surface area contributed by atoms with Crippen LogP contribution in [0.25, 0.3) is 0 Å². The lowest BCUT2D eigenvalue weighted by molar-refractivity contribution is 0.0717. The standard InChI is InChI=1S/C12H15BrFNO/c1-4-15(8(2)3)12(16)9-5-6-11(14)10(13)7-9/h5-8H,4H2,1-3H3. The van der Waals surface area contributed by atoms with Crippen molar-refractivity contribution < 1.29 is 9.18 Å². The fraction of sp³-hybridized carbons (Fsp3) is 0.417. The molecule has 1 aromatic carbocycles. The summed E-state index contributed by atoms with van der Waals surface area (Å²) in [6.07, 6.45) is 0. The van der Waals surface area contributed by atoms with Crippen LogP contribution in [0.2, 0.25) is 0 Å². The van der Waals surface area contributed by atoms with E-state index < -0.39 is 0 Å². The van der Waals surface area contributed by atoms with E-state index >= 15 is 0 Å². The second kappa shape index (κ2) is 5.43. The third-order valence-corrected chi connectivity index (χ3v) is 3.00. The lowest BCUT2D eigenvalue weighted by Crippen LogP contribution is -2.36. The van der Waals surface area contributed by atoms with Crippen molar-refractivity contribution in [3.05, 3.63) is 34.1 Å². The Hall–Kier alpha value is -0.900. The molecule has 0 heterocycles. The van der Waals surface area contributed by atoms with Crippen LogP contribution in [0.4, 0.5) is 4.39 Å². The van der Waals surface area contributed by atoms with Crippen LogP contribution in [0.3, 0.4) is 0 Å². The first kappa shape index (κ1) is 13.2. The van der Waals surface area contributed by atoms with Crippen molar-refractivity contribution in [2.75, 3.05) is 6.54 Å². The minimum Gasteiger partial charge on any atom is -0.337 e. The van der Waals surface area contributed by atoms with Crippen molar-refractivity contribution in [1.29, 1.82) is 0 Å². The minimum atomic E-state index is -0.357. The molecule has 0 unspecified atom stereocenters. The van der Waals surface area contributed by atoms with Crippen molar-refractivity contribution in [2.24, 2.45) is 0 Å². The van der Waals surface area contributed by atoms with Gasteiger partial charge >= 0.3 is 0 Å². The Labute approximate surface area is 104 Å². The highest BCUT2D eigenvalue weighted by Gasteiger charge is 2.17. The highest BCUT2D eigenvalue weighted by Crippen LogP contribution is 2.18. The molecule has 0 aliphatic heterocycles. The highest BCUT2D eigenvalue weighted by atomic mass is 79.9. The molecule has 0 saturated heterocycles. The summed E-state index contributed by atoms with van der Waals surface area (Å²) < 4.78 is 13.3. The molecule has 88 valence electrons. The van der Waals surface area contributed by atoms with Gasteiger partial charge in [0.05, 0.1) is 4.47 Å². The first-order valence-electron chi connectivity index (χ1n) is 5.23. The van der Waals surface area contributed by atoms with Gasteiger partial charge < -0.3 is 4.90 Å². The number of benzene rings is 1. The summed E-state index contributed by atoms with van der Waals surface area (Å²) in [5.74, 6) is -0.428. The predicted molar refractivity (Wildman–Crippen MR) is 65.9 cm³/mol. The second-order valence-electron chi connectivity index (χ2n) is 3.81. The lowest BCUT2D eigenvalue weighted by atomic mass is 10.1. The minimum absolute atomic E-state index is 0.0711.